The van der Waals surface area contributed by atoms with E-state index >= 15 is 0 Å². The molecule has 2 aromatic rings. The highest BCUT2D eigenvalue weighted by Crippen LogP contribution is 2.18. The highest BCUT2D eigenvalue weighted by atomic mass is 35.5. The SMILES string of the molecule is C[C@H](NCc1ccc(CO)o1)c1cccc(Cl)c1. The molecule has 0 spiro atoms. The summed E-state index contributed by atoms with van der Waals surface area (Å²) in [5, 5.41) is 13.0. The van der Waals surface area contributed by atoms with E-state index in [9.17, 15) is 0 Å². The summed E-state index contributed by atoms with van der Waals surface area (Å²) in [4.78, 5) is 0. The van der Waals surface area contributed by atoms with Crippen molar-refractivity contribution < 1.29 is 9.52 Å². The fourth-order valence-corrected chi connectivity index (χ4v) is 1.95. The molecule has 0 fully saturated rings. The topological polar surface area (TPSA) is 45.4 Å². The Kier molecular flexibility index (Phi) is 4.42. The fraction of sp³-hybridized carbons (Fsp3) is 0.286. The molecule has 0 bridgehead atoms. The summed E-state index contributed by atoms with van der Waals surface area (Å²) < 4.78 is 5.40. The number of nitrogens with one attached hydrogen (secondary N) is 1. The first-order valence-corrected chi connectivity index (χ1v) is 6.24. The number of aliphatic hydroxyl groups excluding tert-OH is 1. The van der Waals surface area contributed by atoms with Crippen molar-refractivity contribution in [3.8, 4) is 0 Å². The van der Waals surface area contributed by atoms with Crippen molar-refractivity contribution in [1.82, 2.24) is 5.32 Å². The summed E-state index contributed by atoms with van der Waals surface area (Å²) in [6.45, 7) is 2.62. The lowest BCUT2D eigenvalue weighted by atomic mass is 10.1. The molecule has 0 aliphatic rings. The average molecular weight is 266 g/mol. The maximum absolute atomic E-state index is 8.91. The number of benzene rings is 1. The van der Waals surface area contributed by atoms with Crippen LogP contribution in [0.4, 0.5) is 0 Å². The second-order valence-electron chi connectivity index (χ2n) is 4.18. The van der Waals surface area contributed by atoms with Gasteiger partial charge in [0.05, 0.1) is 6.54 Å². The van der Waals surface area contributed by atoms with Gasteiger partial charge in [0.25, 0.3) is 0 Å². The van der Waals surface area contributed by atoms with E-state index in [2.05, 4.69) is 12.2 Å². The molecule has 96 valence electrons. The van der Waals surface area contributed by atoms with Crippen LogP contribution in [-0.4, -0.2) is 5.11 Å². The molecule has 1 atom stereocenters. The number of rotatable bonds is 5. The third-order valence-electron chi connectivity index (χ3n) is 2.80. The Morgan fingerprint density at radius 2 is 2.06 bits per heavy atom. The molecule has 2 rings (SSSR count). The summed E-state index contributed by atoms with van der Waals surface area (Å²) in [6.07, 6.45) is 0. The van der Waals surface area contributed by atoms with Crippen molar-refractivity contribution in [2.24, 2.45) is 0 Å². The van der Waals surface area contributed by atoms with Gasteiger partial charge in [0.2, 0.25) is 0 Å². The van der Waals surface area contributed by atoms with Crippen LogP contribution >= 0.6 is 11.6 Å². The Labute approximate surface area is 111 Å². The van der Waals surface area contributed by atoms with E-state index < -0.39 is 0 Å². The molecule has 4 heteroatoms. The van der Waals surface area contributed by atoms with E-state index in [1.54, 1.807) is 6.07 Å². The van der Waals surface area contributed by atoms with Gasteiger partial charge < -0.3 is 14.8 Å². The molecule has 0 unspecified atom stereocenters. The third-order valence-corrected chi connectivity index (χ3v) is 3.04. The summed E-state index contributed by atoms with van der Waals surface area (Å²) in [5.74, 6) is 1.40. The normalized spacial score (nSPS) is 12.6. The van der Waals surface area contributed by atoms with Crippen molar-refractivity contribution in [3.63, 3.8) is 0 Å². The standard InChI is InChI=1S/C14H16ClNO2/c1-10(11-3-2-4-12(15)7-11)16-8-13-5-6-14(9-17)18-13/h2-7,10,16-17H,8-9H2,1H3/t10-/m0/s1. The molecule has 0 aliphatic heterocycles. The van der Waals surface area contributed by atoms with Gasteiger partial charge in [-0.25, -0.2) is 0 Å². The van der Waals surface area contributed by atoms with E-state index in [4.69, 9.17) is 21.1 Å². The van der Waals surface area contributed by atoms with Gasteiger partial charge in [-0.3, -0.25) is 0 Å². The van der Waals surface area contributed by atoms with Crippen LogP contribution < -0.4 is 5.32 Å². The minimum Gasteiger partial charge on any atom is -0.462 e. The zero-order valence-electron chi connectivity index (χ0n) is 10.2. The predicted molar refractivity (Wildman–Crippen MR) is 71.3 cm³/mol. The summed E-state index contributed by atoms with van der Waals surface area (Å²) >= 11 is 5.95. The highest BCUT2D eigenvalue weighted by Gasteiger charge is 2.07. The third kappa shape index (κ3) is 3.35. The molecule has 0 radical (unpaired) electrons. The molecule has 1 heterocycles. The molecular formula is C14H16ClNO2. The van der Waals surface area contributed by atoms with Gasteiger partial charge >= 0.3 is 0 Å². The minimum atomic E-state index is -0.0656. The van der Waals surface area contributed by atoms with E-state index in [0.29, 0.717) is 12.3 Å². The van der Waals surface area contributed by atoms with Crippen molar-refractivity contribution in [3.05, 3.63) is 58.5 Å². The number of hydrogen-bond acceptors (Lipinski definition) is 3. The van der Waals surface area contributed by atoms with E-state index in [-0.39, 0.29) is 12.6 Å². The zero-order valence-corrected chi connectivity index (χ0v) is 10.9. The van der Waals surface area contributed by atoms with Crippen molar-refractivity contribution in [2.45, 2.75) is 26.1 Å². The quantitative estimate of drug-likeness (QED) is 0.872. The molecule has 0 aliphatic carbocycles. The van der Waals surface area contributed by atoms with E-state index in [0.717, 1.165) is 16.3 Å². The smallest absolute Gasteiger partial charge is 0.129 e. The second-order valence-corrected chi connectivity index (χ2v) is 4.62. The van der Waals surface area contributed by atoms with Gasteiger partial charge in [-0.1, -0.05) is 23.7 Å². The Morgan fingerprint density at radius 1 is 1.28 bits per heavy atom. The van der Waals surface area contributed by atoms with Gasteiger partial charge in [-0.2, -0.15) is 0 Å². The molecule has 0 amide bonds. The maximum atomic E-state index is 8.91. The first-order valence-electron chi connectivity index (χ1n) is 5.86. The van der Waals surface area contributed by atoms with Gasteiger partial charge in [0.15, 0.2) is 0 Å². The largest absolute Gasteiger partial charge is 0.462 e. The second kappa shape index (κ2) is 6.05. The van der Waals surface area contributed by atoms with Crippen LogP contribution in [0.2, 0.25) is 5.02 Å². The summed E-state index contributed by atoms with van der Waals surface area (Å²) in [6, 6.07) is 11.6. The molecule has 0 saturated heterocycles. The Balaban J connectivity index is 1.93. The maximum Gasteiger partial charge on any atom is 0.129 e. The number of aliphatic hydroxyl groups is 1. The van der Waals surface area contributed by atoms with Gasteiger partial charge in [0, 0.05) is 11.1 Å². The monoisotopic (exact) mass is 265 g/mol. The van der Waals surface area contributed by atoms with Gasteiger partial charge in [-0.05, 0) is 36.8 Å². The number of furan rings is 1. The molecular weight excluding hydrogens is 250 g/mol. The highest BCUT2D eigenvalue weighted by molar-refractivity contribution is 6.30. The van der Waals surface area contributed by atoms with Crippen LogP contribution in [0.15, 0.2) is 40.8 Å². The number of hydrogen-bond donors (Lipinski definition) is 2. The van der Waals surface area contributed by atoms with Gasteiger partial charge in [-0.15, -0.1) is 0 Å². The Morgan fingerprint density at radius 3 is 2.72 bits per heavy atom. The van der Waals surface area contributed by atoms with Crippen LogP contribution in [-0.2, 0) is 13.2 Å². The minimum absolute atomic E-state index is 0.0656. The van der Waals surface area contributed by atoms with Crippen molar-refractivity contribution in [2.75, 3.05) is 0 Å². The van der Waals surface area contributed by atoms with Crippen molar-refractivity contribution in [1.29, 1.82) is 0 Å². The lowest BCUT2D eigenvalue weighted by Gasteiger charge is -2.13. The Hall–Kier alpha value is -1.29. The van der Waals surface area contributed by atoms with Crippen LogP contribution in [0, 0.1) is 0 Å². The summed E-state index contributed by atoms with van der Waals surface area (Å²) in [7, 11) is 0. The average Bonchev–Trinajstić information content (AvgIpc) is 2.84. The first-order chi connectivity index (χ1) is 8.69. The lowest BCUT2D eigenvalue weighted by Crippen LogP contribution is -2.17. The molecule has 18 heavy (non-hydrogen) atoms. The lowest BCUT2D eigenvalue weighted by molar-refractivity contribution is 0.242. The molecule has 1 aromatic heterocycles. The number of halogens is 1. The van der Waals surface area contributed by atoms with Crippen LogP contribution in [0.3, 0.4) is 0 Å². The molecule has 3 nitrogen and oxygen atoms in total. The fourth-order valence-electron chi connectivity index (χ4n) is 1.75. The molecule has 1 aromatic carbocycles. The zero-order chi connectivity index (χ0) is 13.0. The van der Waals surface area contributed by atoms with Crippen molar-refractivity contribution >= 4 is 11.6 Å². The van der Waals surface area contributed by atoms with E-state index in [1.807, 2.05) is 30.3 Å². The first kappa shape index (κ1) is 13.1. The van der Waals surface area contributed by atoms with Crippen LogP contribution in [0.25, 0.3) is 0 Å². The Bertz CT molecular complexity index is 510. The van der Waals surface area contributed by atoms with Crippen LogP contribution in [0.1, 0.15) is 30.0 Å². The molecule has 2 N–H and O–H groups in total. The van der Waals surface area contributed by atoms with E-state index in [1.165, 1.54) is 0 Å². The predicted octanol–water partition coefficient (Wildman–Crippen LogP) is 3.28. The summed E-state index contributed by atoms with van der Waals surface area (Å²) in [5.41, 5.74) is 1.14. The molecule has 0 saturated carbocycles. The van der Waals surface area contributed by atoms with Crippen LogP contribution in [0.5, 0.6) is 0 Å². The van der Waals surface area contributed by atoms with Gasteiger partial charge in [0.1, 0.15) is 18.1 Å².